The summed E-state index contributed by atoms with van der Waals surface area (Å²) < 4.78 is 40.5. The number of carbonyl (C=O) groups is 1. The summed E-state index contributed by atoms with van der Waals surface area (Å²) in [6, 6.07) is -0.0851. The van der Waals surface area contributed by atoms with Gasteiger partial charge in [-0.3, -0.25) is 9.10 Å². The molecule has 1 heterocycles. The quantitative estimate of drug-likeness (QED) is 0.752. The summed E-state index contributed by atoms with van der Waals surface area (Å²) >= 11 is 1.82. The molecule has 2 aliphatic rings. The van der Waals surface area contributed by atoms with Crippen molar-refractivity contribution < 1.29 is 18.0 Å². The number of piperidine rings is 1. The molecule has 2 rings (SSSR count). The van der Waals surface area contributed by atoms with Crippen LogP contribution in [0.25, 0.3) is 0 Å². The number of nitrogens with one attached hydrogen (secondary N) is 1. The molecule has 1 N–H and O–H groups in total. The molecular weight excluding hydrogens is 337 g/mol. The maximum absolute atomic E-state index is 12.7. The molecule has 0 aromatic heterocycles. The van der Waals surface area contributed by atoms with Gasteiger partial charge in [-0.05, 0) is 59.3 Å². The monoisotopic (exact) mass is 366 g/mol. The van der Waals surface area contributed by atoms with Crippen LogP contribution in [0.2, 0.25) is 0 Å². The molecule has 2 fully saturated rings. The van der Waals surface area contributed by atoms with Crippen LogP contribution in [0.4, 0.5) is 13.2 Å². The molecule has 0 bridgehead atoms. The number of hydrogen-bond acceptors (Lipinski definition) is 3. The molecular formula is C17H29F3N2OS. The Kier molecular flexibility index (Phi) is 6.51. The van der Waals surface area contributed by atoms with E-state index in [0.717, 1.165) is 25.9 Å². The number of alkyl halides is 3. The lowest BCUT2D eigenvalue weighted by Crippen LogP contribution is -2.45. The van der Waals surface area contributed by atoms with Crippen LogP contribution in [0.1, 0.15) is 59.3 Å². The van der Waals surface area contributed by atoms with Gasteiger partial charge in [-0.25, -0.2) is 0 Å². The zero-order chi connectivity index (χ0) is 18.0. The molecule has 0 spiro atoms. The predicted molar refractivity (Wildman–Crippen MR) is 91.6 cm³/mol. The number of hydrogen-bond donors (Lipinski definition) is 1. The van der Waals surface area contributed by atoms with E-state index in [-0.39, 0.29) is 35.5 Å². The fourth-order valence-corrected chi connectivity index (χ4v) is 4.65. The van der Waals surface area contributed by atoms with Crippen molar-refractivity contribution in [1.82, 2.24) is 9.62 Å². The molecule has 0 aromatic carbocycles. The average Bonchev–Trinajstić information content (AvgIpc) is 2.46. The molecule has 3 nitrogen and oxygen atoms in total. The number of rotatable bonds is 3. The molecule has 1 aliphatic heterocycles. The van der Waals surface area contributed by atoms with Crippen molar-refractivity contribution in [3.63, 3.8) is 0 Å². The standard InChI is InChI=1S/C17H29F3N2OS/c1-16(2,3)24-22-10-8-12(9-11-22)15(23)21-14-6-4-13(5-7-14)17(18,19)20/h12-14H,4-11H2,1-3H3,(H,21,23). The lowest BCUT2D eigenvalue weighted by molar-refractivity contribution is -0.182. The summed E-state index contributed by atoms with van der Waals surface area (Å²) in [5, 5.41) is 2.99. The summed E-state index contributed by atoms with van der Waals surface area (Å²) in [4.78, 5) is 12.4. The van der Waals surface area contributed by atoms with Crippen LogP contribution in [0, 0.1) is 11.8 Å². The maximum atomic E-state index is 12.7. The highest BCUT2D eigenvalue weighted by molar-refractivity contribution is 7.98. The first-order valence-corrected chi connectivity index (χ1v) is 9.63. The van der Waals surface area contributed by atoms with E-state index in [1.54, 1.807) is 0 Å². The number of halogens is 3. The Hall–Kier alpha value is -0.430. The zero-order valence-corrected chi connectivity index (χ0v) is 15.6. The van der Waals surface area contributed by atoms with Crippen LogP contribution in [-0.4, -0.2) is 40.3 Å². The lowest BCUT2D eigenvalue weighted by atomic mass is 9.85. The van der Waals surface area contributed by atoms with Crippen molar-refractivity contribution in [3.8, 4) is 0 Å². The molecule has 140 valence electrons. The van der Waals surface area contributed by atoms with Gasteiger partial charge in [-0.2, -0.15) is 13.2 Å². The van der Waals surface area contributed by atoms with Crippen molar-refractivity contribution in [2.75, 3.05) is 13.1 Å². The zero-order valence-electron chi connectivity index (χ0n) is 14.8. The SMILES string of the molecule is CC(C)(C)SN1CCC(C(=O)NC2CCC(C(F)(F)F)CC2)CC1. The van der Waals surface area contributed by atoms with Gasteiger partial charge in [-0.15, -0.1) is 0 Å². The van der Waals surface area contributed by atoms with E-state index in [0.29, 0.717) is 12.8 Å². The van der Waals surface area contributed by atoms with Gasteiger partial charge < -0.3 is 5.32 Å². The van der Waals surface area contributed by atoms with Crippen molar-refractivity contribution in [2.45, 2.75) is 76.3 Å². The Morgan fingerprint density at radius 2 is 1.54 bits per heavy atom. The molecule has 1 saturated heterocycles. The molecule has 1 saturated carbocycles. The van der Waals surface area contributed by atoms with Crippen molar-refractivity contribution in [3.05, 3.63) is 0 Å². The second kappa shape index (κ2) is 7.85. The first kappa shape index (κ1) is 19.9. The summed E-state index contributed by atoms with van der Waals surface area (Å²) in [5.41, 5.74) is 0. The van der Waals surface area contributed by atoms with E-state index in [2.05, 4.69) is 30.4 Å². The van der Waals surface area contributed by atoms with E-state index < -0.39 is 12.1 Å². The third-order valence-electron chi connectivity index (χ3n) is 4.76. The lowest BCUT2D eigenvalue weighted by Gasteiger charge is -2.35. The third kappa shape index (κ3) is 6.14. The number of amides is 1. The molecule has 0 atom stereocenters. The van der Waals surface area contributed by atoms with E-state index in [1.807, 2.05) is 11.9 Å². The Morgan fingerprint density at radius 3 is 2.00 bits per heavy atom. The Morgan fingerprint density at radius 1 is 1.00 bits per heavy atom. The minimum absolute atomic E-state index is 0.00200. The largest absolute Gasteiger partial charge is 0.391 e. The first-order chi connectivity index (χ1) is 11.0. The van der Waals surface area contributed by atoms with Gasteiger partial charge in [-0.1, -0.05) is 11.9 Å². The number of nitrogens with zero attached hydrogens (tertiary/aromatic N) is 1. The van der Waals surface area contributed by atoms with Crippen LogP contribution >= 0.6 is 11.9 Å². The highest BCUT2D eigenvalue weighted by Gasteiger charge is 2.41. The fraction of sp³-hybridized carbons (Fsp3) is 0.941. The summed E-state index contributed by atoms with van der Waals surface area (Å²) in [6.07, 6.45) is -1.29. The normalized spacial score (nSPS) is 27.9. The Labute approximate surface area is 147 Å². The summed E-state index contributed by atoms with van der Waals surface area (Å²) in [6.45, 7) is 8.30. The van der Waals surface area contributed by atoms with Gasteiger partial charge in [0.1, 0.15) is 0 Å². The topological polar surface area (TPSA) is 32.3 Å². The molecule has 24 heavy (non-hydrogen) atoms. The van der Waals surface area contributed by atoms with Gasteiger partial charge in [0.25, 0.3) is 0 Å². The van der Waals surface area contributed by atoms with Crippen molar-refractivity contribution in [2.24, 2.45) is 11.8 Å². The molecule has 0 aromatic rings. The average molecular weight is 366 g/mol. The van der Waals surface area contributed by atoms with Gasteiger partial charge in [0.2, 0.25) is 5.91 Å². The van der Waals surface area contributed by atoms with E-state index >= 15 is 0 Å². The molecule has 1 amide bonds. The van der Waals surface area contributed by atoms with E-state index in [9.17, 15) is 18.0 Å². The smallest absolute Gasteiger partial charge is 0.353 e. The number of carbonyl (C=O) groups excluding carboxylic acids is 1. The maximum Gasteiger partial charge on any atom is 0.391 e. The Bertz CT molecular complexity index is 421. The van der Waals surface area contributed by atoms with Crippen LogP contribution in [0.3, 0.4) is 0 Å². The second-order valence-corrected chi connectivity index (χ2v) is 9.93. The highest BCUT2D eigenvalue weighted by Crippen LogP contribution is 2.37. The van der Waals surface area contributed by atoms with Gasteiger partial charge >= 0.3 is 6.18 Å². The van der Waals surface area contributed by atoms with Crippen LogP contribution in [0.5, 0.6) is 0 Å². The minimum atomic E-state index is -4.09. The van der Waals surface area contributed by atoms with Gasteiger partial charge in [0, 0.05) is 29.8 Å². The van der Waals surface area contributed by atoms with E-state index in [4.69, 9.17) is 0 Å². The van der Waals surface area contributed by atoms with Crippen molar-refractivity contribution in [1.29, 1.82) is 0 Å². The van der Waals surface area contributed by atoms with Gasteiger partial charge in [0.05, 0.1) is 5.92 Å². The molecule has 0 radical (unpaired) electrons. The third-order valence-corrected chi connectivity index (χ3v) is 5.94. The highest BCUT2D eigenvalue weighted by atomic mass is 32.2. The molecule has 7 heteroatoms. The van der Waals surface area contributed by atoms with Crippen LogP contribution < -0.4 is 5.32 Å². The van der Waals surface area contributed by atoms with E-state index in [1.165, 1.54) is 0 Å². The van der Waals surface area contributed by atoms with Crippen LogP contribution in [-0.2, 0) is 4.79 Å². The van der Waals surface area contributed by atoms with Crippen LogP contribution in [0.15, 0.2) is 0 Å². The predicted octanol–water partition coefficient (Wildman–Crippen LogP) is 4.38. The summed E-state index contributed by atoms with van der Waals surface area (Å²) in [5.74, 6) is -1.16. The molecule has 0 unspecified atom stereocenters. The van der Waals surface area contributed by atoms with Gasteiger partial charge in [0.15, 0.2) is 0 Å². The minimum Gasteiger partial charge on any atom is -0.353 e. The summed E-state index contributed by atoms with van der Waals surface area (Å²) in [7, 11) is 0. The first-order valence-electron chi connectivity index (χ1n) is 8.86. The second-order valence-electron chi connectivity index (χ2n) is 8.01. The van der Waals surface area contributed by atoms with Crippen molar-refractivity contribution >= 4 is 17.9 Å². The molecule has 1 aliphatic carbocycles. The Balaban J connectivity index is 1.71. The fourth-order valence-electron chi connectivity index (χ4n) is 3.48.